The number of nitrogens with one attached hydrogen (secondary N) is 2. The smallest absolute Gasteiger partial charge is 0.191 e. The van der Waals surface area contributed by atoms with Crippen LogP contribution in [0.25, 0.3) is 0 Å². The van der Waals surface area contributed by atoms with Gasteiger partial charge in [0, 0.05) is 20.0 Å². The van der Waals surface area contributed by atoms with Gasteiger partial charge in [0.2, 0.25) is 0 Å². The number of rotatable bonds is 6. The number of aliphatic imine (C=N–C) groups is 1. The van der Waals surface area contributed by atoms with E-state index in [1.54, 1.807) is 7.05 Å². The molecular weight excluding hydrogens is 316 g/mol. The zero-order chi connectivity index (χ0) is 17.6. The summed E-state index contributed by atoms with van der Waals surface area (Å²) >= 11 is 0. The summed E-state index contributed by atoms with van der Waals surface area (Å²) in [6.45, 7) is 6.37. The number of aryl methyl sites for hydroxylation is 2. The molecule has 7 nitrogen and oxygen atoms in total. The molecule has 25 heavy (non-hydrogen) atoms. The van der Waals surface area contributed by atoms with Gasteiger partial charge in [-0.1, -0.05) is 12.1 Å². The Balaban J connectivity index is 1.45. The molecule has 0 saturated carbocycles. The number of ether oxygens (including phenoxy) is 1. The third kappa shape index (κ3) is 4.49. The van der Waals surface area contributed by atoms with E-state index in [2.05, 4.69) is 43.4 Å². The van der Waals surface area contributed by atoms with Gasteiger partial charge in [-0.05, 0) is 38.0 Å². The Morgan fingerprint density at radius 3 is 3.04 bits per heavy atom. The molecule has 1 aliphatic rings. The van der Waals surface area contributed by atoms with Crippen LogP contribution >= 0.6 is 0 Å². The van der Waals surface area contributed by atoms with Gasteiger partial charge in [0.05, 0.1) is 13.1 Å². The number of nitrogens with zero attached hydrogens (tertiary/aromatic N) is 4. The Hall–Kier alpha value is -2.57. The normalized spacial score (nSPS) is 14.9. The summed E-state index contributed by atoms with van der Waals surface area (Å²) in [6, 6.07) is 8.07. The summed E-state index contributed by atoms with van der Waals surface area (Å²) < 4.78 is 8.11. The molecule has 1 aromatic heterocycles. The molecule has 1 aromatic carbocycles. The lowest BCUT2D eigenvalue weighted by Crippen LogP contribution is -2.41. The standard InChI is InChI=1S/C18H26N6O/c1-13-6-4-7-15(10-13)25-14(2)11-20-18(19-3)21-12-17-23-22-16-8-5-9-24(16)17/h4,6-7,10,14H,5,8-9,11-12H2,1-3H3,(H2,19,20,21). The number of fused-ring (bicyclic) bond motifs is 1. The lowest BCUT2D eigenvalue weighted by molar-refractivity contribution is 0.223. The molecule has 1 unspecified atom stereocenters. The van der Waals surface area contributed by atoms with Crippen LogP contribution in [0.4, 0.5) is 0 Å². The van der Waals surface area contributed by atoms with Crippen molar-refractivity contribution in [1.29, 1.82) is 0 Å². The molecule has 0 bridgehead atoms. The third-order valence-electron chi connectivity index (χ3n) is 4.21. The van der Waals surface area contributed by atoms with Gasteiger partial charge in [-0.2, -0.15) is 0 Å². The lowest BCUT2D eigenvalue weighted by Gasteiger charge is -2.18. The van der Waals surface area contributed by atoms with Gasteiger partial charge in [0.25, 0.3) is 0 Å². The van der Waals surface area contributed by atoms with Gasteiger partial charge < -0.3 is 19.9 Å². The highest BCUT2D eigenvalue weighted by atomic mass is 16.5. The first-order valence-electron chi connectivity index (χ1n) is 8.74. The van der Waals surface area contributed by atoms with Crippen LogP contribution in [-0.2, 0) is 19.5 Å². The van der Waals surface area contributed by atoms with Crippen LogP contribution < -0.4 is 15.4 Å². The first kappa shape index (κ1) is 17.3. The third-order valence-corrected chi connectivity index (χ3v) is 4.21. The zero-order valence-corrected chi connectivity index (χ0v) is 15.1. The first-order valence-corrected chi connectivity index (χ1v) is 8.74. The summed E-state index contributed by atoms with van der Waals surface area (Å²) in [5.74, 6) is 3.66. The predicted molar refractivity (Wildman–Crippen MR) is 97.8 cm³/mol. The van der Waals surface area contributed by atoms with Crippen molar-refractivity contribution in [2.24, 2.45) is 4.99 Å². The Morgan fingerprint density at radius 2 is 2.24 bits per heavy atom. The summed E-state index contributed by atoms with van der Waals surface area (Å²) in [7, 11) is 1.76. The van der Waals surface area contributed by atoms with Gasteiger partial charge in [0.1, 0.15) is 17.7 Å². The quantitative estimate of drug-likeness (QED) is 0.617. The largest absolute Gasteiger partial charge is 0.489 e. The van der Waals surface area contributed by atoms with Crippen LogP contribution in [0.15, 0.2) is 29.3 Å². The van der Waals surface area contributed by atoms with Gasteiger partial charge in [-0.25, -0.2) is 0 Å². The van der Waals surface area contributed by atoms with Gasteiger partial charge >= 0.3 is 0 Å². The highest BCUT2D eigenvalue weighted by Gasteiger charge is 2.17. The Kier molecular flexibility index (Phi) is 5.53. The highest BCUT2D eigenvalue weighted by Crippen LogP contribution is 2.14. The zero-order valence-electron chi connectivity index (χ0n) is 15.1. The number of benzene rings is 1. The molecule has 0 saturated heterocycles. The second-order valence-electron chi connectivity index (χ2n) is 6.34. The van der Waals surface area contributed by atoms with E-state index in [0.29, 0.717) is 13.1 Å². The molecule has 0 spiro atoms. The molecular formula is C18H26N6O. The molecule has 7 heteroatoms. The fourth-order valence-corrected chi connectivity index (χ4v) is 2.93. The molecule has 1 aliphatic heterocycles. The average molecular weight is 342 g/mol. The Labute approximate surface area is 148 Å². The molecule has 2 aromatic rings. The van der Waals surface area contributed by atoms with Crippen LogP contribution in [0, 0.1) is 6.92 Å². The average Bonchev–Trinajstić information content (AvgIpc) is 3.19. The molecule has 134 valence electrons. The van der Waals surface area contributed by atoms with Crippen molar-refractivity contribution in [1.82, 2.24) is 25.4 Å². The number of aromatic nitrogens is 3. The second kappa shape index (κ2) is 8.00. The van der Waals surface area contributed by atoms with Crippen molar-refractivity contribution in [3.8, 4) is 5.75 Å². The van der Waals surface area contributed by atoms with E-state index in [1.807, 2.05) is 25.1 Å². The number of guanidine groups is 1. The topological polar surface area (TPSA) is 76.4 Å². The van der Waals surface area contributed by atoms with Gasteiger partial charge in [0.15, 0.2) is 11.8 Å². The summed E-state index contributed by atoms with van der Waals surface area (Å²) in [5, 5.41) is 15.0. The lowest BCUT2D eigenvalue weighted by atomic mass is 10.2. The van der Waals surface area contributed by atoms with E-state index in [9.17, 15) is 0 Å². The summed E-state index contributed by atoms with van der Waals surface area (Å²) in [5.41, 5.74) is 1.19. The molecule has 0 amide bonds. The SMILES string of the molecule is CN=C(NCc1nnc2n1CCC2)NCC(C)Oc1cccc(C)c1. The fraction of sp³-hybridized carbons (Fsp3) is 0.500. The maximum absolute atomic E-state index is 5.93. The van der Waals surface area contributed by atoms with Gasteiger partial charge in [-0.15, -0.1) is 10.2 Å². The molecule has 2 heterocycles. The van der Waals surface area contributed by atoms with Crippen molar-refractivity contribution in [2.75, 3.05) is 13.6 Å². The van der Waals surface area contributed by atoms with Crippen LogP contribution in [-0.4, -0.2) is 40.4 Å². The number of hydrogen-bond acceptors (Lipinski definition) is 4. The van der Waals surface area contributed by atoms with E-state index >= 15 is 0 Å². The van der Waals surface area contributed by atoms with Crippen molar-refractivity contribution in [3.63, 3.8) is 0 Å². The minimum atomic E-state index is 0.0256. The van der Waals surface area contributed by atoms with Gasteiger partial charge in [-0.3, -0.25) is 4.99 Å². The predicted octanol–water partition coefficient (Wildman–Crippen LogP) is 1.67. The Morgan fingerprint density at radius 1 is 1.36 bits per heavy atom. The van der Waals surface area contributed by atoms with E-state index in [1.165, 1.54) is 5.56 Å². The molecule has 0 radical (unpaired) electrons. The maximum Gasteiger partial charge on any atom is 0.191 e. The highest BCUT2D eigenvalue weighted by molar-refractivity contribution is 5.79. The summed E-state index contributed by atoms with van der Waals surface area (Å²) in [4.78, 5) is 4.26. The molecule has 3 rings (SSSR count). The van der Waals surface area contributed by atoms with Crippen molar-refractivity contribution >= 4 is 5.96 Å². The van der Waals surface area contributed by atoms with E-state index < -0.39 is 0 Å². The second-order valence-corrected chi connectivity index (χ2v) is 6.34. The van der Waals surface area contributed by atoms with E-state index in [0.717, 1.165) is 42.7 Å². The van der Waals surface area contributed by atoms with Crippen LogP contribution in [0.1, 0.15) is 30.6 Å². The number of hydrogen-bond donors (Lipinski definition) is 2. The van der Waals surface area contributed by atoms with Crippen LogP contribution in [0.5, 0.6) is 5.75 Å². The fourth-order valence-electron chi connectivity index (χ4n) is 2.93. The summed E-state index contributed by atoms with van der Waals surface area (Å²) in [6.07, 6.45) is 2.20. The monoisotopic (exact) mass is 342 g/mol. The van der Waals surface area contributed by atoms with Crippen molar-refractivity contribution in [3.05, 3.63) is 41.5 Å². The molecule has 0 aliphatic carbocycles. The van der Waals surface area contributed by atoms with Crippen molar-refractivity contribution < 1.29 is 4.74 Å². The molecule has 0 fully saturated rings. The first-order chi connectivity index (χ1) is 12.2. The Bertz CT molecular complexity index is 739. The molecule has 1 atom stereocenters. The van der Waals surface area contributed by atoms with E-state index in [-0.39, 0.29) is 6.10 Å². The maximum atomic E-state index is 5.93. The van der Waals surface area contributed by atoms with Crippen LogP contribution in [0.3, 0.4) is 0 Å². The van der Waals surface area contributed by atoms with Crippen molar-refractivity contribution in [2.45, 2.75) is 45.9 Å². The molecule has 2 N–H and O–H groups in total. The van der Waals surface area contributed by atoms with Crippen LogP contribution in [0.2, 0.25) is 0 Å². The van der Waals surface area contributed by atoms with E-state index in [4.69, 9.17) is 4.74 Å². The minimum Gasteiger partial charge on any atom is -0.489 e. The minimum absolute atomic E-state index is 0.0256.